The van der Waals surface area contributed by atoms with Crippen molar-refractivity contribution < 1.29 is 9.90 Å². The molecule has 0 amide bonds. The predicted octanol–water partition coefficient (Wildman–Crippen LogP) is 4.23. The predicted molar refractivity (Wildman–Crippen MR) is 76.9 cm³/mol. The van der Waals surface area contributed by atoms with Gasteiger partial charge in [-0.05, 0) is 37.1 Å². The summed E-state index contributed by atoms with van der Waals surface area (Å²) in [5.74, 6) is -0.903. The van der Waals surface area contributed by atoms with E-state index in [2.05, 4.69) is 0 Å². The minimum atomic E-state index is -0.903. The first-order chi connectivity index (χ1) is 9.06. The maximum absolute atomic E-state index is 11.2. The number of aromatic nitrogens is 1. The van der Waals surface area contributed by atoms with Gasteiger partial charge in [0.25, 0.3) is 0 Å². The van der Waals surface area contributed by atoms with Crippen molar-refractivity contribution in [3.05, 3.63) is 46.6 Å². The summed E-state index contributed by atoms with van der Waals surface area (Å²) in [4.78, 5) is 11.2. The number of halogens is 1. The summed E-state index contributed by atoms with van der Waals surface area (Å²) in [6, 6.07) is 9.18. The van der Waals surface area contributed by atoms with Crippen LogP contribution in [0, 0.1) is 6.92 Å². The van der Waals surface area contributed by atoms with E-state index < -0.39 is 5.97 Å². The molecule has 0 unspecified atom stereocenters. The smallest absolute Gasteiger partial charge is 0.352 e. The summed E-state index contributed by atoms with van der Waals surface area (Å²) in [6.07, 6.45) is 0.877. The van der Waals surface area contributed by atoms with Gasteiger partial charge in [-0.2, -0.15) is 0 Å². The van der Waals surface area contributed by atoms with Crippen LogP contribution >= 0.6 is 11.6 Å². The van der Waals surface area contributed by atoms with Gasteiger partial charge in [0, 0.05) is 22.8 Å². The Hall–Kier alpha value is -1.74. The lowest BCUT2D eigenvalue weighted by Crippen LogP contribution is -2.09. The fourth-order valence-corrected chi connectivity index (χ4v) is 2.41. The third kappa shape index (κ3) is 2.51. The fraction of sp³-hybridized carbons (Fsp3) is 0.267. The molecule has 0 aliphatic heterocycles. The molecule has 1 heterocycles. The number of hydrogen-bond acceptors (Lipinski definition) is 1. The van der Waals surface area contributed by atoms with Crippen molar-refractivity contribution in [2.45, 2.75) is 26.8 Å². The molecule has 0 saturated heterocycles. The summed E-state index contributed by atoms with van der Waals surface area (Å²) < 4.78 is 1.83. The van der Waals surface area contributed by atoms with E-state index in [1.54, 1.807) is 6.07 Å². The maximum atomic E-state index is 11.2. The van der Waals surface area contributed by atoms with Crippen LogP contribution in [0.4, 0.5) is 0 Å². The Kier molecular flexibility index (Phi) is 3.96. The van der Waals surface area contributed by atoms with Gasteiger partial charge in [-0.25, -0.2) is 4.79 Å². The molecule has 0 aliphatic carbocycles. The fourth-order valence-electron chi connectivity index (χ4n) is 2.24. The SMILES string of the molecule is CCCn1c(C(=O)O)ccc1-c1cccc(Cl)c1C. The quantitative estimate of drug-likeness (QED) is 0.909. The Morgan fingerprint density at radius 3 is 2.68 bits per heavy atom. The lowest BCUT2D eigenvalue weighted by atomic mass is 10.1. The third-order valence-electron chi connectivity index (χ3n) is 3.19. The minimum Gasteiger partial charge on any atom is -0.477 e. The first-order valence-corrected chi connectivity index (χ1v) is 6.62. The summed E-state index contributed by atoms with van der Waals surface area (Å²) in [5.41, 5.74) is 3.17. The maximum Gasteiger partial charge on any atom is 0.352 e. The lowest BCUT2D eigenvalue weighted by molar-refractivity contribution is 0.0685. The van der Waals surface area contributed by atoms with Crippen LogP contribution in [0.1, 0.15) is 29.4 Å². The number of carboxylic acid groups (broad SMARTS) is 1. The molecule has 1 aromatic carbocycles. The van der Waals surface area contributed by atoms with Crippen molar-refractivity contribution in [1.82, 2.24) is 4.57 Å². The second kappa shape index (κ2) is 5.49. The number of aromatic carboxylic acids is 1. The van der Waals surface area contributed by atoms with Crippen molar-refractivity contribution in [1.29, 1.82) is 0 Å². The molecule has 100 valence electrons. The highest BCUT2D eigenvalue weighted by Crippen LogP contribution is 2.30. The Morgan fingerprint density at radius 1 is 1.32 bits per heavy atom. The number of nitrogens with zero attached hydrogens (tertiary/aromatic N) is 1. The Bertz CT molecular complexity index is 617. The van der Waals surface area contributed by atoms with Crippen LogP contribution in [0.15, 0.2) is 30.3 Å². The molecule has 4 heteroatoms. The summed E-state index contributed by atoms with van der Waals surface area (Å²) >= 11 is 6.14. The highest BCUT2D eigenvalue weighted by atomic mass is 35.5. The molecule has 0 aliphatic rings. The van der Waals surface area contributed by atoms with E-state index in [9.17, 15) is 9.90 Å². The number of carboxylic acids is 1. The van der Waals surface area contributed by atoms with Crippen molar-refractivity contribution in [2.75, 3.05) is 0 Å². The van der Waals surface area contributed by atoms with Gasteiger partial charge in [0.15, 0.2) is 0 Å². The van der Waals surface area contributed by atoms with E-state index >= 15 is 0 Å². The molecule has 0 bridgehead atoms. The normalized spacial score (nSPS) is 10.7. The van der Waals surface area contributed by atoms with Gasteiger partial charge in [0.05, 0.1) is 0 Å². The zero-order valence-corrected chi connectivity index (χ0v) is 11.7. The Morgan fingerprint density at radius 2 is 2.05 bits per heavy atom. The number of benzene rings is 1. The summed E-state index contributed by atoms with van der Waals surface area (Å²) in [7, 11) is 0. The largest absolute Gasteiger partial charge is 0.477 e. The molecule has 0 spiro atoms. The average Bonchev–Trinajstić information content (AvgIpc) is 2.77. The zero-order chi connectivity index (χ0) is 14.0. The van der Waals surface area contributed by atoms with Crippen molar-refractivity contribution in [3.8, 4) is 11.3 Å². The van der Waals surface area contributed by atoms with E-state index in [0.29, 0.717) is 17.3 Å². The van der Waals surface area contributed by atoms with Crippen LogP contribution in [-0.4, -0.2) is 15.6 Å². The van der Waals surface area contributed by atoms with Gasteiger partial charge in [-0.1, -0.05) is 30.7 Å². The van der Waals surface area contributed by atoms with E-state index in [4.69, 9.17) is 11.6 Å². The molecule has 0 fully saturated rings. The van der Waals surface area contributed by atoms with Crippen LogP contribution in [-0.2, 0) is 6.54 Å². The Balaban J connectivity index is 2.62. The van der Waals surface area contributed by atoms with Crippen molar-refractivity contribution >= 4 is 17.6 Å². The van der Waals surface area contributed by atoms with E-state index in [1.807, 2.05) is 42.7 Å². The molecule has 3 nitrogen and oxygen atoms in total. The molecule has 2 aromatic rings. The van der Waals surface area contributed by atoms with Gasteiger partial charge < -0.3 is 9.67 Å². The molecule has 0 saturated carbocycles. The number of hydrogen-bond donors (Lipinski definition) is 1. The second-order valence-corrected chi connectivity index (χ2v) is 4.88. The van der Waals surface area contributed by atoms with Gasteiger partial charge in [0.1, 0.15) is 5.69 Å². The Labute approximate surface area is 117 Å². The molecular weight excluding hydrogens is 262 g/mol. The highest BCUT2D eigenvalue weighted by Gasteiger charge is 2.16. The average molecular weight is 278 g/mol. The number of carbonyl (C=O) groups is 1. The first-order valence-electron chi connectivity index (χ1n) is 6.24. The zero-order valence-electron chi connectivity index (χ0n) is 11.0. The second-order valence-electron chi connectivity index (χ2n) is 4.47. The number of rotatable bonds is 4. The van der Waals surface area contributed by atoms with E-state index in [1.165, 1.54) is 0 Å². The molecule has 0 radical (unpaired) electrons. The topological polar surface area (TPSA) is 42.2 Å². The standard InChI is InChI=1S/C15H16ClNO2/c1-3-9-17-13(7-8-14(17)15(18)19)11-5-4-6-12(16)10(11)2/h4-8H,3,9H2,1-2H3,(H,18,19). The minimum absolute atomic E-state index is 0.316. The van der Waals surface area contributed by atoms with Gasteiger partial charge >= 0.3 is 5.97 Å². The highest BCUT2D eigenvalue weighted by molar-refractivity contribution is 6.31. The summed E-state index contributed by atoms with van der Waals surface area (Å²) in [6.45, 7) is 4.65. The van der Waals surface area contributed by atoms with Crippen molar-refractivity contribution in [3.63, 3.8) is 0 Å². The molecule has 1 N–H and O–H groups in total. The summed E-state index contributed by atoms with van der Waals surface area (Å²) in [5, 5.41) is 9.92. The lowest BCUT2D eigenvalue weighted by Gasteiger charge is -2.13. The van der Waals surface area contributed by atoms with Crippen molar-refractivity contribution in [2.24, 2.45) is 0 Å². The third-order valence-corrected chi connectivity index (χ3v) is 3.60. The molecule has 2 rings (SSSR count). The molecular formula is C15H16ClNO2. The van der Waals surface area contributed by atoms with Crippen LogP contribution in [0.3, 0.4) is 0 Å². The molecule has 1 aromatic heterocycles. The van der Waals surface area contributed by atoms with Crippen LogP contribution in [0.2, 0.25) is 5.02 Å². The molecule has 0 atom stereocenters. The van der Waals surface area contributed by atoms with Gasteiger partial charge in [-0.15, -0.1) is 0 Å². The molecule has 19 heavy (non-hydrogen) atoms. The van der Waals surface area contributed by atoms with Crippen LogP contribution in [0.5, 0.6) is 0 Å². The monoisotopic (exact) mass is 277 g/mol. The van der Waals surface area contributed by atoms with Gasteiger partial charge in [0.2, 0.25) is 0 Å². The van der Waals surface area contributed by atoms with Crippen LogP contribution in [0.25, 0.3) is 11.3 Å². The van der Waals surface area contributed by atoms with Gasteiger partial charge in [-0.3, -0.25) is 0 Å². The van der Waals surface area contributed by atoms with E-state index in [0.717, 1.165) is 23.2 Å². The first kappa shape index (κ1) is 13.7. The van der Waals surface area contributed by atoms with E-state index in [-0.39, 0.29) is 0 Å². The van der Waals surface area contributed by atoms with Crippen LogP contribution < -0.4 is 0 Å².